The van der Waals surface area contributed by atoms with Crippen LogP contribution < -0.4 is 11.1 Å². The Bertz CT molecular complexity index is 766. The predicted molar refractivity (Wildman–Crippen MR) is 181 cm³/mol. The molecule has 0 rings (SSSR count). The zero-order valence-electron chi connectivity index (χ0n) is 28.0. The molecule has 260 valence electrons. The summed E-state index contributed by atoms with van der Waals surface area (Å²) in [6.07, 6.45) is 28.5. The summed E-state index contributed by atoms with van der Waals surface area (Å²) in [5.41, 5.74) is 5.32. The van der Waals surface area contributed by atoms with Gasteiger partial charge in [-0.3, -0.25) is 13.8 Å². The fraction of sp³-hybridized carbons (Fsp3) is 0.853. The zero-order chi connectivity index (χ0) is 32.7. The fourth-order valence-electron chi connectivity index (χ4n) is 4.87. The summed E-state index contributed by atoms with van der Waals surface area (Å²) < 4.78 is 21.9. The molecule has 0 aromatic heterocycles. The summed E-state index contributed by atoms with van der Waals surface area (Å²) in [5, 5.41) is 23.8. The summed E-state index contributed by atoms with van der Waals surface area (Å²) in [5.74, 6) is -0.460. The SMILES string of the molecule is CCCCCCCC/C=C/C(O)C(COP(=O)(O)OCCN)NC(=O)CC(O)CCCCC/C=C\CCCCCCCCC. The van der Waals surface area contributed by atoms with Gasteiger partial charge in [-0.25, -0.2) is 4.57 Å². The number of unbranched alkanes of at least 4 members (excludes halogenated alkanes) is 16. The summed E-state index contributed by atoms with van der Waals surface area (Å²) >= 11 is 0. The third-order valence-electron chi connectivity index (χ3n) is 7.58. The van der Waals surface area contributed by atoms with Crippen LogP contribution in [0.5, 0.6) is 0 Å². The summed E-state index contributed by atoms with van der Waals surface area (Å²) in [6.45, 7) is 3.88. The van der Waals surface area contributed by atoms with Crippen LogP contribution in [0.4, 0.5) is 0 Å². The standard InChI is InChI=1S/C34H67N2O7P/c1-3-5-7-9-11-13-14-15-16-17-18-19-21-23-25-31(37)29-34(39)36-32(30-43-44(40,41)42-28-27-35)33(38)26-24-22-20-12-10-8-6-4-2/h16-17,24,26,31-33,37-38H,3-15,18-23,25,27-30,35H2,1-2H3,(H,36,39)(H,40,41)/b17-16-,26-24+. The van der Waals surface area contributed by atoms with Crippen LogP contribution in [0.2, 0.25) is 0 Å². The van der Waals surface area contributed by atoms with E-state index in [4.69, 9.17) is 14.8 Å². The molecule has 0 fully saturated rings. The minimum Gasteiger partial charge on any atom is -0.393 e. The van der Waals surface area contributed by atoms with Gasteiger partial charge in [-0.15, -0.1) is 0 Å². The van der Waals surface area contributed by atoms with Gasteiger partial charge in [0.2, 0.25) is 5.91 Å². The highest BCUT2D eigenvalue weighted by atomic mass is 31.2. The van der Waals surface area contributed by atoms with E-state index in [9.17, 15) is 24.5 Å². The normalized spacial score (nSPS) is 15.5. The highest BCUT2D eigenvalue weighted by Crippen LogP contribution is 2.43. The lowest BCUT2D eigenvalue weighted by atomic mass is 10.0. The van der Waals surface area contributed by atoms with E-state index in [1.54, 1.807) is 6.08 Å². The molecule has 0 saturated heterocycles. The Morgan fingerprint density at radius 3 is 1.82 bits per heavy atom. The van der Waals surface area contributed by atoms with E-state index in [0.717, 1.165) is 51.4 Å². The second kappa shape index (κ2) is 30.6. The first-order chi connectivity index (χ1) is 21.3. The molecule has 0 spiro atoms. The number of carbonyl (C=O) groups excluding carboxylic acids is 1. The van der Waals surface area contributed by atoms with Crippen LogP contribution >= 0.6 is 7.82 Å². The van der Waals surface area contributed by atoms with Crippen molar-refractivity contribution in [3.63, 3.8) is 0 Å². The number of phosphoric acid groups is 1. The smallest absolute Gasteiger partial charge is 0.393 e. The van der Waals surface area contributed by atoms with Crippen LogP contribution in [0, 0.1) is 0 Å². The maximum absolute atomic E-state index is 12.7. The maximum atomic E-state index is 12.7. The van der Waals surface area contributed by atoms with E-state index < -0.39 is 38.6 Å². The van der Waals surface area contributed by atoms with Crippen molar-refractivity contribution in [1.29, 1.82) is 0 Å². The molecule has 0 aromatic rings. The summed E-state index contributed by atoms with van der Waals surface area (Å²) in [7, 11) is -4.38. The van der Waals surface area contributed by atoms with E-state index in [0.29, 0.717) is 6.42 Å². The van der Waals surface area contributed by atoms with Crippen molar-refractivity contribution in [3.05, 3.63) is 24.3 Å². The number of aliphatic hydroxyl groups excluding tert-OH is 2. The fourth-order valence-corrected chi connectivity index (χ4v) is 5.63. The monoisotopic (exact) mass is 646 g/mol. The first kappa shape index (κ1) is 42.9. The second-order valence-electron chi connectivity index (χ2n) is 11.9. The van der Waals surface area contributed by atoms with E-state index in [1.807, 2.05) is 6.08 Å². The van der Waals surface area contributed by atoms with Crippen molar-refractivity contribution >= 4 is 13.7 Å². The molecule has 1 amide bonds. The lowest BCUT2D eigenvalue weighted by Crippen LogP contribution is -2.46. The van der Waals surface area contributed by atoms with Crippen LogP contribution in [0.15, 0.2) is 24.3 Å². The molecular formula is C34H67N2O7P. The Kier molecular flexibility index (Phi) is 29.8. The number of allylic oxidation sites excluding steroid dienone is 3. The van der Waals surface area contributed by atoms with E-state index in [1.165, 1.54) is 70.6 Å². The van der Waals surface area contributed by atoms with Crippen LogP contribution in [0.25, 0.3) is 0 Å². The highest BCUT2D eigenvalue weighted by Gasteiger charge is 2.27. The molecule has 4 atom stereocenters. The van der Waals surface area contributed by atoms with Gasteiger partial charge in [-0.2, -0.15) is 0 Å². The lowest BCUT2D eigenvalue weighted by molar-refractivity contribution is -0.124. The minimum atomic E-state index is -4.38. The molecular weight excluding hydrogens is 579 g/mol. The number of amides is 1. The Hall–Kier alpha value is -1.06. The summed E-state index contributed by atoms with van der Waals surface area (Å²) in [6, 6.07) is -0.981. The number of aliphatic hydroxyl groups is 2. The van der Waals surface area contributed by atoms with Crippen molar-refractivity contribution in [2.45, 2.75) is 167 Å². The van der Waals surface area contributed by atoms with Crippen molar-refractivity contribution in [2.24, 2.45) is 5.73 Å². The molecule has 0 aliphatic carbocycles. The quantitative estimate of drug-likeness (QED) is 0.0284. The Labute approximate surface area is 269 Å². The van der Waals surface area contributed by atoms with Crippen LogP contribution in [0.1, 0.15) is 149 Å². The summed E-state index contributed by atoms with van der Waals surface area (Å²) in [4.78, 5) is 22.5. The van der Waals surface area contributed by atoms with Crippen molar-refractivity contribution < 1.29 is 33.5 Å². The Morgan fingerprint density at radius 1 is 0.773 bits per heavy atom. The van der Waals surface area contributed by atoms with Crippen molar-refractivity contribution in [2.75, 3.05) is 19.8 Å². The minimum absolute atomic E-state index is 0.0474. The molecule has 0 aliphatic heterocycles. The number of hydrogen-bond donors (Lipinski definition) is 5. The number of nitrogens with two attached hydrogens (primary N) is 1. The maximum Gasteiger partial charge on any atom is 0.472 e. The van der Waals surface area contributed by atoms with Gasteiger partial charge in [-0.05, 0) is 44.9 Å². The van der Waals surface area contributed by atoms with Crippen molar-refractivity contribution in [3.8, 4) is 0 Å². The predicted octanol–water partition coefficient (Wildman–Crippen LogP) is 7.63. The first-order valence-electron chi connectivity index (χ1n) is 17.5. The molecule has 0 aliphatic rings. The Balaban J connectivity index is 4.43. The molecule has 0 heterocycles. The van der Waals surface area contributed by atoms with Crippen LogP contribution in [0.3, 0.4) is 0 Å². The average molecular weight is 647 g/mol. The first-order valence-corrected chi connectivity index (χ1v) is 19.0. The Morgan fingerprint density at radius 2 is 1.27 bits per heavy atom. The van der Waals surface area contributed by atoms with Crippen LogP contribution in [-0.4, -0.2) is 59.0 Å². The molecule has 0 bridgehead atoms. The molecule has 9 nitrogen and oxygen atoms in total. The van der Waals surface area contributed by atoms with Gasteiger partial charge in [-0.1, -0.05) is 122 Å². The van der Waals surface area contributed by atoms with Gasteiger partial charge in [0.25, 0.3) is 0 Å². The van der Waals surface area contributed by atoms with E-state index in [2.05, 4.69) is 31.3 Å². The van der Waals surface area contributed by atoms with Gasteiger partial charge in [0.05, 0.1) is 37.9 Å². The number of hydrogen-bond acceptors (Lipinski definition) is 7. The third kappa shape index (κ3) is 28.4. The molecule has 0 aromatic carbocycles. The number of nitrogens with one attached hydrogen (secondary N) is 1. The van der Waals surface area contributed by atoms with E-state index in [-0.39, 0.29) is 19.6 Å². The second-order valence-corrected chi connectivity index (χ2v) is 13.4. The number of phosphoric ester groups is 1. The van der Waals surface area contributed by atoms with Gasteiger partial charge in [0.1, 0.15) is 0 Å². The van der Waals surface area contributed by atoms with Crippen molar-refractivity contribution in [1.82, 2.24) is 5.32 Å². The molecule has 44 heavy (non-hydrogen) atoms. The molecule has 0 saturated carbocycles. The topological polar surface area (TPSA) is 151 Å². The number of carbonyl (C=O) groups is 1. The number of rotatable bonds is 32. The zero-order valence-corrected chi connectivity index (χ0v) is 28.9. The third-order valence-corrected chi connectivity index (χ3v) is 8.56. The molecule has 10 heteroatoms. The highest BCUT2D eigenvalue weighted by molar-refractivity contribution is 7.47. The molecule has 6 N–H and O–H groups in total. The van der Waals surface area contributed by atoms with Gasteiger partial charge < -0.3 is 26.2 Å². The molecule has 4 unspecified atom stereocenters. The molecule has 0 radical (unpaired) electrons. The largest absolute Gasteiger partial charge is 0.472 e. The lowest BCUT2D eigenvalue weighted by Gasteiger charge is -2.24. The van der Waals surface area contributed by atoms with E-state index >= 15 is 0 Å². The van der Waals surface area contributed by atoms with Gasteiger partial charge in [0.15, 0.2) is 0 Å². The van der Waals surface area contributed by atoms with Gasteiger partial charge >= 0.3 is 7.82 Å². The average Bonchev–Trinajstić information content (AvgIpc) is 2.99. The van der Waals surface area contributed by atoms with Gasteiger partial charge in [0, 0.05) is 6.54 Å². The van der Waals surface area contributed by atoms with Crippen LogP contribution in [-0.2, 0) is 18.4 Å².